The molecule has 1 N–H and O–H groups in total. The van der Waals surface area contributed by atoms with Crippen molar-refractivity contribution in [2.24, 2.45) is 11.8 Å². The van der Waals surface area contributed by atoms with E-state index in [1.165, 1.54) is 0 Å². The van der Waals surface area contributed by atoms with Crippen LogP contribution in [0.15, 0.2) is 36.4 Å². The van der Waals surface area contributed by atoms with Gasteiger partial charge in [0.25, 0.3) is 5.91 Å². The average Bonchev–Trinajstić information content (AvgIpc) is 2.76. The van der Waals surface area contributed by atoms with Crippen molar-refractivity contribution in [1.82, 2.24) is 10.2 Å². The minimum Gasteiger partial charge on any atom is -0.455 e. The van der Waals surface area contributed by atoms with E-state index >= 15 is 0 Å². The van der Waals surface area contributed by atoms with Gasteiger partial charge in [0.15, 0.2) is 6.61 Å². The van der Waals surface area contributed by atoms with Crippen LogP contribution in [0, 0.1) is 23.2 Å². The number of rotatable bonds is 7. The SMILES string of the molecule is CC(C)[C@](C)(C#N)NC(=O)COC(=O)C1CCN(C(=O)/C=C/c2ccccc2)CC1. The summed E-state index contributed by atoms with van der Waals surface area (Å²) in [5.41, 5.74) is -0.0600. The van der Waals surface area contributed by atoms with E-state index in [0.29, 0.717) is 25.9 Å². The van der Waals surface area contributed by atoms with Crippen LogP contribution in [0.3, 0.4) is 0 Å². The molecule has 1 saturated heterocycles. The highest BCUT2D eigenvalue weighted by Crippen LogP contribution is 2.19. The van der Waals surface area contributed by atoms with Crippen LogP contribution < -0.4 is 5.32 Å². The monoisotopic (exact) mass is 411 g/mol. The molecule has 1 atom stereocenters. The van der Waals surface area contributed by atoms with E-state index in [0.717, 1.165) is 5.56 Å². The number of ether oxygens (including phenoxy) is 1. The van der Waals surface area contributed by atoms with Gasteiger partial charge in [-0.3, -0.25) is 14.4 Å². The summed E-state index contributed by atoms with van der Waals surface area (Å²) in [6.45, 7) is 5.81. The second kappa shape index (κ2) is 10.6. The smallest absolute Gasteiger partial charge is 0.309 e. The summed E-state index contributed by atoms with van der Waals surface area (Å²) in [6, 6.07) is 11.7. The number of nitrogens with zero attached hydrogens (tertiary/aromatic N) is 2. The van der Waals surface area contributed by atoms with Gasteiger partial charge in [0, 0.05) is 19.2 Å². The second-order valence-corrected chi connectivity index (χ2v) is 7.97. The predicted octanol–water partition coefficient (Wildman–Crippen LogP) is 2.54. The van der Waals surface area contributed by atoms with E-state index in [1.807, 2.05) is 44.2 Å². The van der Waals surface area contributed by atoms with Gasteiger partial charge in [-0.05, 0) is 37.3 Å². The Bertz CT molecular complexity index is 821. The summed E-state index contributed by atoms with van der Waals surface area (Å²) in [6.07, 6.45) is 4.30. The molecule has 7 nitrogen and oxygen atoms in total. The lowest BCUT2D eigenvalue weighted by atomic mass is 9.90. The van der Waals surface area contributed by atoms with Gasteiger partial charge < -0.3 is 15.0 Å². The molecule has 0 radical (unpaired) electrons. The molecule has 2 rings (SSSR count). The topological polar surface area (TPSA) is 99.5 Å². The standard InChI is InChI=1S/C23H29N3O4/c1-17(2)23(3,16-24)25-20(27)15-30-22(29)19-11-13-26(14-12-19)21(28)10-9-18-7-5-4-6-8-18/h4-10,17,19H,11-15H2,1-3H3,(H,25,27)/b10-9+/t23-/m0/s1. The Labute approximate surface area is 177 Å². The number of benzene rings is 1. The molecular weight excluding hydrogens is 382 g/mol. The Morgan fingerprint density at radius 3 is 2.47 bits per heavy atom. The summed E-state index contributed by atoms with van der Waals surface area (Å²) in [4.78, 5) is 38.3. The van der Waals surface area contributed by atoms with Crippen LogP contribution in [0.25, 0.3) is 6.08 Å². The van der Waals surface area contributed by atoms with Crippen molar-refractivity contribution >= 4 is 23.9 Å². The number of hydrogen-bond donors (Lipinski definition) is 1. The number of esters is 1. The van der Waals surface area contributed by atoms with E-state index in [-0.39, 0.29) is 17.7 Å². The van der Waals surface area contributed by atoms with Crippen molar-refractivity contribution in [3.8, 4) is 6.07 Å². The molecule has 160 valence electrons. The molecule has 0 aliphatic carbocycles. The third kappa shape index (κ3) is 6.45. The zero-order valence-electron chi connectivity index (χ0n) is 17.8. The van der Waals surface area contributed by atoms with Crippen LogP contribution in [0.1, 0.15) is 39.2 Å². The first-order valence-corrected chi connectivity index (χ1v) is 10.2. The zero-order valence-corrected chi connectivity index (χ0v) is 17.8. The summed E-state index contributed by atoms with van der Waals surface area (Å²) >= 11 is 0. The molecule has 1 heterocycles. The normalized spacial score (nSPS) is 16.7. The minimum absolute atomic E-state index is 0.0834. The number of carbonyl (C=O) groups excluding carboxylic acids is 3. The highest BCUT2D eigenvalue weighted by molar-refractivity contribution is 5.92. The van der Waals surface area contributed by atoms with Crippen LogP contribution >= 0.6 is 0 Å². The third-order valence-corrected chi connectivity index (χ3v) is 5.49. The van der Waals surface area contributed by atoms with E-state index < -0.39 is 24.0 Å². The van der Waals surface area contributed by atoms with Crippen molar-refractivity contribution in [2.45, 2.75) is 39.2 Å². The minimum atomic E-state index is -1.01. The first-order chi connectivity index (χ1) is 14.2. The summed E-state index contributed by atoms with van der Waals surface area (Å²) in [5.74, 6) is -1.46. The molecule has 1 aromatic carbocycles. The quantitative estimate of drug-likeness (QED) is 0.549. The van der Waals surface area contributed by atoms with Crippen LogP contribution in [-0.2, 0) is 19.1 Å². The molecule has 1 aliphatic heterocycles. The highest BCUT2D eigenvalue weighted by Gasteiger charge is 2.31. The Hall–Kier alpha value is -3.14. The van der Waals surface area contributed by atoms with Gasteiger partial charge in [-0.2, -0.15) is 5.26 Å². The number of carbonyl (C=O) groups is 3. The molecule has 0 unspecified atom stereocenters. The van der Waals surface area contributed by atoms with Crippen LogP contribution in [0.2, 0.25) is 0 Å². The largest absolute Gasteiger partial charge is 0.455 e. The van der Waals surface area contributed by atoms with Crippen molar-refractivity contribution in [3.05, 3.63) is 42.0 Å². The van der Waals surface area contributed by atoms with E-state index in [1.54, 1.807) is 24.0 Å². The maximum atomic E-state index is 12.3. The number of hydrogen-bond acceptors (Lipinski definition) is 5. The molecule has 7 heteroatoms. The number of amides is 2. The van der Waals surface area contributed by atoms with Crippen molar-refractivity contribution in [2.75, 3.05) is 19.7 Å². The lowest BCUT2D eigenvalue weighted by Gasteiger charge is -2.30. The van der Waals surface area contributed by atoms with Gasteiger partial charge in [-0.25, -0.2) is 0 Å². The number of likely N-dealkylation sites (tertiary alicyclic amines) is 1. The van der Waals surface area contributed by atoms with E-state index in [4.69, 9.17) is 4.74 Å². The number of nitriles is 1. The van der Waals surface area contributed by atoms with Crippen LogP contribution in [0.4, 0.5) is 0 Å². The van der Waals surface area contributed by atoms with Gasteiger partial charge in [0.1, 0.15) is 5.54 Å². The fourth-order valence-corrected chi connectivity index (χ4v) is 3.05. The molecule has 0 aromatic heterocycles. The zero-order chi connectivity index (χ0) is 22.1. The Morgan fingerprint density at radius 2 is 1.90 bits per heavy atom. The molecule has 1 aromatic rings. The van der Waals surface area contributed by atoms with Crippen LogP contribution in [0.5, 0.6) is 0 Å². The summed E-state index contributed by atoms with van der Waals surface area (Å²) in [7, 11) is 0. The molecule has 1 fully saturated rings. The number of nitrogens with one attached hydrogen (secondary N) is 1. The van der Waals surface area contributed by atoms with Crippen molar-refractivity contribution in [3.63, 3.8) is 0 Å². The van der Waals surface area contributed by atoms with Crippen molar-refractivity contribution < 1.29 is 19.1 Å². The predicted molar refractivity (Wildman–Crippen MR) is 113 cm³/mol. The Kier molecular flexibility index (Phi) is 8.16. The Morgan fingerprint density at radius 1 is 1.27 bits per heavy atom. The molecule has 0 bridgehead atoms. The first-order valence-electron chi connectivity index (χ1n) is 10.2. The maximum Gasteiger partial charge on any atom is 0.309 e. The average molecular weight is 412 g/mol. The molecule has 30 heavy (non-hydrogen) atoms. The van der Waals surface area contributed by atoms with Gasteiger partial charge in [0.2, 0.25) is 5.91 Å². The fourth-order valence-electron chi connectivity index (χ4n) is 3.05. The van der Waals surface area contributed by atoms with E-state index in [9.17, 15) is 19.6 Å². The van der Waals surface area contributed by atoms with Gasteiger partial charge in [-0.15, -0.1) is 0 Å². The summed E-state index contributed by atoms with van der Waals surface area (Å²) in [5, 5.41) is 11.9. The maximum absolute atomic E-state index is 12.3. The van der Waals surface area contributed by atoms with Gasteiger partial charge >= 0.3 is 5.97 Å². The third-order valence-electron chi connectivity index (χ3n) is 5.49. The number of piperidine rings is 1. The molecule has 0 saturated carbocycles. The second-order valence-electron chi connectivity index (χ2n) is 7.97. The molecular formula is C23H29N3O4. The molecule has 1 aliphatic rings. The lowest BCUT2D eigenvalue weighted by Crippen LogP contribution is -2.50. The molecule has 2 amide bonds. The lowest BCUT2D eigenvalue weighted by molar-refractivity contribution is -0.155. The highest BCUT2D eigenvalue weighted by atomic mass is 16.5. The Balaban J connectivity index is 1.76. The first kappa shape index (κ1) is 23.1. The van der Waals surface area contributed by atoms with Crippen molar-refractivity contribution in [1.29, 1.82) is 5.26 Å². The van der Waals surface area contributed by atoms with Gasteiger partial charge in [0.05, 0.1) is 12.0 Å². The molecule has 0 spiro atoms. The fraction of sp³-hybridized carbons (Fsp3) is 0.478. The van der Waals surface area contributed by atoms with E-state index in [2.05, 4.69) is 11.4 Å². The van der Waals surface area contributed by atoms with Crippen LogP contribution in [-0.4, -0.2) is 47.9 Å². The summed E-state index contributed by atoms with van der Waals surface area (Å²) < 4.78 is 5.14. The van der Waals surface area contributed by atoms with Gasteiger partial charge in [-0.1, -0.05) is 44.2 Å².